The number of hydrogen-bond acceptors (Lipinski definition) is 5. The Bertz CT molecular complexity index is 2360. The predicted molar refractivity (Wildman–Crippen MR) is 221 cm³/mol. The van der Waals surface area contributed by atoms with Gasteiger partial charge in [-0.15, -0.1) is 0 Å². The van der Waals surface area contributed by atoms with Gasteiger partial charge in [0.1, 0.15) is 24.7 Å². The maximum absolute atomic E-state index is 14.9. The van der Waals surface area contributed by atoms with Crippen LogP contribution in [0.5, 0.6) is 11.5 Å². The van der Waals surface area contributed by atoms with Gasteiger partial charge in [-0.2, -0.15) is 0 Å². The Balaban J connectivity index is 1.12. The molecule has 1 aromatic heterocycles. The minimum atomic E-state index is -0.161. The number of ether oxygens (including phenoxy) is 2. The standard InChI is InChI=1S/C49H45N3O3/c1-36-30-42-16-8-9-17-46(42)50-48(36)41-22-24-43(25-23-41)52(33-38-20-18-37(19-21-38)32-51-28-10-11-29-51)49(53)45-27-26-44(54-34-39-12-4-2-5-13-39)31-47(45)55-35-40-14-6-3-7-15-40/h2-9,12-27,30-31H,10-11,28-29,32-35H2,1H3. The Morgan fingerprint density at radius 2 is 1.29 bits per heavy atom. The molecule has 1 amide bonds. The van der Waals surface area contributed by atoms with Gasteiger partial charge in [0, 0.05) is 29.2 Å². The number of carbonyl (C=O) groups excluding carboxylic acids is 1. The molecule has 1 fully saturated rings. The molecule has 6 aromatic carbocycles. The van der Waals surface area contributed by atoms with Gasteiger partial charge in [0.05, 0.1) is 23.3 Å². The number of carbonyl (C=O) groups is 1. The summed E-state index contributed by atoms with van der Waals surface area (Å²) in [6, 6.07) is 52.8. The third kappa shape index (κ3) is 8.77. The maximum atomic E-state index is 14.9. The van der Waals surface area contributed by atoms with Gasteiger partial charge in [-0.25, -0.2) is 4.98 Å². The molecule has 2 heterocycles. The van der Waals surface area contributed by atoms with Crippen LogP contribution in [0.4, 0.5) is 5.69 Å². The number of amides is 1. The zero-order chi connectivity index (χ0) is 37.4. The predicted octanol–water partition coefficient (Wildman–Crippen LogP) is 10.8. The highest BCUT2D eigenvalue weighted by Crippen LogP contribution is 2.32. The number of pyridine rings is 1. The summed E-state index contributed by atoms with van der Waals surface area (Å²) in [4.78, 5) is 24.3. The van der Waals surface area contributed by atoms with Crippen molar-refractivity contribution in [2.45, 2.75) is 46.1 Å². The van der Waals surface area contributed by atoms with Gasteiger partial charge in [-0.1, -0.05) is 115 Å². The molecule has 7 aromatic rings. The number of aryl methyl sites for hydroxylation is 1. The first-order chi connectivity index (χ1) is 27.1. The van der Waals surface area contributed by atoms with E-state index in [2.05, 4.69) is 60.4 Å². The van der Waals surface area contributed by atoms with Gasteiger partial charge in [-0.3, -0.25) is 9.69 Å². The summed E-state index contributed by atoms with van der Waals surface area (Å²) in [7, 11) is 0. The van der Waals surface area contributed by atoms with Gasteiger partial charge in [-0.05, 0) is 97.1 Å². The molecule has 0 aliphatic carbocycles. The van der Waals surface area contributed by atoms with Crippen LogP contribution in [0, 0.1) is 6.92 Å². The molecular formula is C49H45N3O3. The monoisotopic (exact) mass is 723 g/mol. The van der Waals surface area contributed by atoms with Crippen LogP contribution in [0.2, 0.25) is 0 Å². The summed E-state index contributed by atoms with van der Waals surface area (Å²) in [6.07, 6.45) is 2.53. The zero-order valence-electron chi connectivity index (χ0n) is 31.2. The van der Waals surface area contributed by atoms with Crippen molar-refractivity contribution in [1.82, 2.24) is 9.88 Å². The fraction of sp³-hybridized carbons (Fsp3) is 0.184. The quantitative estimate of drug-likeness (QED) is 0.119. The summed E-state index contributed by atoms with van der Waals surface area (Å²) in [5, 5.41) is 1.12. The average Bonchev–Trinajstić information content (AvgIpc) is 3.75. The van der Waals surface area contributed by atoms with E-state index < -0.39 is 0 Å². The lowest BCUT2D eigenvalue weighted by Gasteiger charge is -2.25. The molecule has 6 heteroatoms. The number of likely N-dealkylation sites (tertiary alicyclic amines) is 1. The van der Waals surface area contributed by atoms with E-state index in [-0.39, 0.29) is 5.91 Å². The molecular weight excluding hydrogens is 679 g/mol. The molecule has 1 aliphatic rings. The Kier molecular flexibility index (Phi) is 10.9. The van der Waals surface area contributed by atoms with Crippen LogP contribution in [0.15, 0.2) is 158 Å². The minimum Gasteiger partial charge on any atom is -0.489 e. The number of hydrogen-bond donors (Lipinski definition) is 0. The fourth-order valence-corrected chi connectivity index (χ4v) is 7.24. The van der Waals surface area contributed by atoms with Crippen molar-refractivity contribution in [2.24, 2.45) is 0 Å². The molecule has 274 valence electrons. The summed E-state index contributed by atoms with van der Waals surface area (Å²) in [6.45, 7) is 6.46. The largest absolute Gasteiger partial charge is 0.489 e. The average molecular weight is 724 g/mol. The Morgan fingerprint density at radius 3 is 2.00 bits per heavy atom. The van der Waals surface area contributed by atoms with E-state index in [1.54, 1.807) is 0 Å². The highest BCUT2D eigenvalue weighted by molar-refractivity contribution is 6.08. The second kappa shape index (κ2) is 16.8. The number of nitrogens with zero attached hydrogens (tertiary/aromatic N) is 3. The van der Waals surface area contributed by atoms with Crippen molar-refractivity contribution in [2.75, 3.05) is 18.0 Å². The second-order valence-electron chi connectivity index (χ2n) is 14.3. The van der Waals surface area contributed by atoms with Crippen molar-refractivity contribution in [1.29, 1.82) is 0 Å². The third-order valence-corrected chi connectivity index (χ3v) is 10.2. The molecule has 0 radical (unpaired) electrons. The molecule has 6 nitrogen and oxygen atoms in total. The first-order valence-electron chi connectivity index (χ1n) is 19.1. The summed E-state index contributed by atoms with van der Waals surface area (Å²) < 4.78 is 12.6. The first kappa shape index (κ1) is 35.8. The topological polar surface area (TPSA) is 54.9 Å². The van der Waals surface area contributed by atoms with E-state index in [0.717, 1.165) is 69.7 Å². The molecule has 1 aliphatic heterocycles. The molecule has 0 bridgehead atoms. The number of para-hydroxylation sites is 1. The molecule has 0 spiro atoms. The second-order valence-corrected chi connectivity index (χ2v) is 14.3. The first-order valence-corrected chi connectivity index (χ1v) is 19.1. The Labute approximate surface area is 323 Å². The molecule has 55 heavy (non-hydrogen) atoms. The molecule has 0 unspecified atom stereocenters. The van der Waals surface area contributed by atoms with Crippen LogP contribution in [0.25, 0.3) is 22.2 Å². The van der Waals surface area contributed by atoms with E-state index in [1.807, 2.05) is 114 Å². The van der Waals surface area contributed by atoms with Gasteiger partial charge in [0.15, 0.2) is 0 Å². The van der Waals surface area contributed by atoms with E-state index in [4.69, 9.17) is 14.5 Å². The number of anilines is 1. The minimum absolute atomic E-state index is 0.161. The summed E-state index contributed by atoms with van der Waals surface area (Å²) >= 11 is 0. The van der Waals surface area contributed by atoms with Crippen LogP contribution in [-0.4, -0.2) is 28.9 Å². The Morgan fingerprint density at radius 1 is 0.655 bits per heavy atom. The highest BCUT2D eigenvalue weighted by Gasteiger charge is 2.24. The van der Waals surface area contributed by atoms with Gasteiger partial charge < -0.3 is 14.4 Å². The third-order valence-electron chi connectivity index (χ3n) is 10.2. The van der Waals surface area contributed by atoms with Crippen LogP contribution >= 0.6 is 0 Å². The van der Waals surface area contributed by atoms with E-state index >= 15 is 0 Å². The highest BCUT2D eigenvalue weighted by atomic mass is 16.5. The molecule has 8 rings (SSSR count). The van der Waals surface area contributed by atoms with Gasteiger partial charge in [0.2, 0.25) is 0 Å². The summed E-state index contributed by atoms with van der Waals surface area (Å²) in [5.74, 6) is 0.941. The molecule has 0 atom stereocenters. The van der Waals surface area contributed by atoms with Crippen molar-refractivity contribution in [3.63, 3.8) is 0 Å². The van der Waals surface area contributed by atoms with Crippen LogP contribution in [0.3, 0.4) is 0 Å². The Hall–Kier alpha value is -6.24. The van der Waals surface area contributed by atoms with Gasteiger partial charge in [0.25, 0.3) is 5.91 Å². The fourth-order valence-electron chi connectivity index (χ4n) is 7.24. The smallest absolute Gasteiger partial charge is 0.262 e. The number of fused-ring (bicyclic) bond motifs is 1. The lowest BCUT2D eigenvalue weighted by molar-refractivity contribution is 0.0980. The number of rotatable bonds is 13. The van der Waals surface area contributed by atoms with E-state index in [9.17, 15) is 4.79 Å². The lowest BCUT2D eigenvalue weighted by Crippen LogP contribution is -2.31. The molecule has 1 saturated heterocycles. The van der Waals surface area contributed by atoms with E-state index in [0.29, 0.717) is 36.8 Å². The zero-order valence-corrected chi connectivity index (χ0v) is 31.2. The number of benzene rings is 6. The molecule has 0 saturated carbocycles. The van der Waals surface area contributed by atoms with Crippen LogP contribution in [0.1, 0.15) is 51.0 Å². The molecule has 0 N–H and O–H groups in total. The van der Waals surface area contributed by atoms with Crippen LogP contribution < -0.4 is 14.4 Å². The normalized spacial score (nSPS) is 12.8. The van der Waals surface area contributed by atoms with E-state index in [1.165, 1.54) is 18.4 Å². The van der Waals surface area contributed by atoms with Gasteiger partial charge >= 0.3 is 0 Å². The maximum Gasteiger partial charge on any atom is 0.262 e. The van der Waals surface area contributed by atoms with Crippen molar-refractivity contribution in [3.05, 3.63) is 191 Å². The van der Waals surface area contributed by atoms with Crippen molar-refractivity contribution in [3.8, 4) is 22.8 Å². The number of aromatic nitrogens is 1. The lowest BCUT2D eigenvalue weighted by atomic mass is 10.0. The summed E-state index contributed by atoms with van der Waals surface area (Å²) in [5.41, 5.74) is 9.63. The van der Waals surface area contributed by atoms with Crippen molar-refractivity contribution < 1.29 is 14.3 Å². The van der Waals surface area contributed by atoms with Crippen LogP contribution in [-0.2, 0) is 26.3 Å². The van der Waals surface area contributed by atoms with Crippen molar-refractivity contribution >= 4 is 22.5 Å². The SMILES string of the molecule is Cc1cc2ccccc2nc1-c1ccc(N(Cc2ccc(CN3CCCC3)cc2)C(=O)c2ccc(OCc3ccccc3)cc2OCc2ccccc2)cc1.